The first-order chi connectivity index (χ1) is 6.15. The Kier molecular flexibility index (Phi) is 4.33. The monoisotopic (exact) mass is 238 g/mol. The molecule has 1 rings (SSSR count). The average Bonchev–Trinajstić information content (AvgIpc) is 2.02. The molecule has 0 spiro atoms. The van der Waals surface area contributed by atoms with Crippen LogP contribution >= 0.6 is 34.8 Å². The zero-order chi connectivity index (χ0) is 9.84. The maximum absolute atomic E-state index is 5.92. The van der Waals surface area contributed by atoms with Crippen LogP contribution in [0.15, 0.2) is 12.1 Å². The largest absolute Gasteiger partial charge is 0.377 e. The van der Waals surface area contributed by atoms with Gasteiger partial charge in [0.05, 0.1) is 6.61 Å². The SMILES string of the molecule is CCOCc1c(Cl)cc(Cl)cc1Cl. The van der Waals surface area contributed by atoms with Gasteiger partial charge < -0.3 is 4.74 Å². The molecule has 72 valence electrons. The van der Waals surface area contributed by atoms with E-state index in [1.807, 2.05) is 6.92 Å². The molecule has 0 bridgehead atoms. The summed E-state index contributed by atoms with van der Waals surface area (Å²) in [5.74, 6) is 0. The number of benzene rings is 1. The Balaban J connectivity index is 2.92. The second-order valence-corrected chi connectivity index (χ2v) is 3.74. The summed E-state index contributed by atoms with van der Waals surface area (Å²) in [4.78, 5) is 0. The summed E-state index contributed by atoms with van der Waals surface area (Å²) in [5.41, 5.74) is 0.787. The minimum Gasteiger partial charge on any atom is -0.377 e. The van der Waals surface area contributed by atoms with Gasteiger partial charge in [0.25, 0.3) is 0 Å². The lowest BCUT2D eigenvalue weighted by Gasteiger charge is -2.07. The first kappa shape index (κ1) is 11.1. The van der Waals surface area contributed by atoms with E-state index in [1.165, 1.54) is 0 Å². The molecule has 0 aliphatic carbocycles. The molecule has 0 saturated heterocycles. The van der Waals surface area contributed by atoms with Crippen molar-refractivity contribution in [2.24, 2.45) is 0 Å². The Labute approximate surface area is 92.5 Å². The second-order valence-electron chi connectivity index (χ2n) is 2.49. The molecule has 0 N–H and O–H groups in total. The number of hydrogen-bond acceptors (Lipinski definition) is 1. The highest BCUT2D eigenvalue weighted by atomic mass is 35.5. The summed E-state index contributed by atoms with van der Waals surface area (Å²) in [5, 5.41) is 1.63. The molecule has 0 fully saturated rings. The molecule has 4 heteroatoms. The third kappa shape index (κ3) is 3.03. The van der Waals surface area contributed by atoms with Crippen LogP contribution in [-0.4, -0.2) is 6.61 Å². The van der Waals surface area contributed by atoms with Gasteiger partial charge in [-0.2, -0.15) is 0 Å². The highest BCUT2D eigenvalue weighted by Gasteiger charge is 2.07. The standard InChI is InChI=1S/C9H9Cl3O/c1-2-13-5-7-8(11)3-6(10)4-9(7)12/h3-4H,2,5H2,1H3. The summed E-state index contributed by atoms with van der Waals surface area (Å²) in [7, 11) is 0. The van der Waals surface area contributed by atoms with E-state index >= 15 is 0 Å². The molecule has 0 heterocycles. The summed E-state index contributed by atoms with van der Waals surface area (Å²) >= 11 is 17.6. The van der Waals surface area contributed by atoms with Crippen molar-refractivity contribution in [1.82, 2.24) is 0 Å². The Morgan fingerprint density at radius 2 is 1.69 bits per heavy atom. The third-order valence-corrected chi connectivity index (χ3v) is 2.45. The molecule has 0 aliphatic rings. The highest BCUT2D eigenvalue weighted by molar-refractivity contribution is 6.39. The highest BCUT2D eigenvalue weighted by Crippen LogP contribution is 2.29. The summed E-state index contributed by atoms with van der Waals surface area (Å²) in [6.07, 6.45) is 0. The molecule has 1 nitrogen and oxygen atoms in total. The predicted octanol–water partition coefficient (Wildman–Crippen LogP) is 4.18. The maximum Gasteiger partial charge on any atom is 0.0745 e. The quantitative estimate of drug-likeness (QED) is 0.769. The minimum absolute atomic E-state index is 0.422. The Morgan fingerprint density at radius 3 is 2.15 bits per heavy atom. The van der Waals surface area contributed by atoms with Gasteiger partial charge in [-0.3, -0.25) is 0 Å². The molecule has 0 aliphatic heterocycles. The van der Waals surface area contributed by atoms with Crippen LogP contribution in [-0.2, 0) is 11.3 Å². The van der Waals surface area contributed by atoms with E-state index in [-0.39, 0.29) is 0 Å². The lowest BCUT2D eigenvalue weighted by molar-refractivity contribution is 0.134. The Hall–Kier alpha value is 0.0500. The van der Waals surface area contributed by atoms with Crippen LogP contribution in [0.1, 0.15) is 12.5 Å². The van der Waals surface area contributed by atoms with Gasteiger partial charge in [0.1, 0.15) is 0 Å². The fraction of sp³-hybridized carbons (Fsp3) is 0.333. The van der Waals surface area contributed by atoms with E-state index in [0.29, 0.717) is 28.3 Å². The molecular weight excluding hydrogens is 230 g/mol. The van der Waals surface area contributed by atoms with Gasteiger partial charge in [-0.15, -0.1) is 0 Å². The zero-order valence-corrected chi connectivity index (χ0v) is 9.38. The smallest absolute Gasteiger partial charge is 0.0745 e. The van der Waals surface area contributed by atoms with Crippen LogP contribution in [0, 0.1) is 0 Å². The van der Waals surface area contributed by atoms with Gasteiger partial charge in [0.15, 0.2) is 0 Å². The second kappa shape index (κ2) is 5.06. The van der Waals surface area contributed by atoms with Crippen molar-refractivity contribution >= 4 is 34.8 Å². The number of halogens is 3. The van der Waals surface area contributed by atoms with Gasteiger partial charge in [-0.1, -0.05) is 34.8 Å². The van der Waals surface area contributed by atoms with Gasteiger partial charge in [-0.05, 0) is 19.1 Å². The summed E-state index contributed by atoms with van der Waals surface area (Å²) in [6, 6.07) is 3.31. The molecule has 0 atom stereocenters. The van der Waals surface area contributed by atoms with Crippen molar-refractivity contribution < 1.29 is 4.74 Å². The third-order valence-electron chi connectivity index (χ3n) is 1.56. The van der Waals surface area contributed by atoms with Crippen LogP contribution in [0.25, 0.3) is 0 Å². The van der Waals surface area contributed by atoms with Gasteiger partial charge in [0.2, 0.25) is 0 Å². The van der Waals surface area contributed by atoms with Crippen LogP contribution in [0.3, 0.4) is 0 Å². The Bertz CT molecular complexity index is 276. The van der Waals surface area contributed by atoms with E-state index in [0.717, 1.165) is 5.56 Å². The van der Waals surface area contributed by atoms with E-state index in [9.17, 15) is 0 Å². The number of hydrogen-bond donors (Lipinski definition) is 0. The van der Waals surface area contributed by atoms with E-state index < -0.39 is 0 Å². The topological polar surface area (TPSA) is 9.23 Å². The fourth-order valence-corrected chi connectivity index (χ4v) is 1.84. The normalized spacial score (nSPS) is 10.5. The van der Waals surface area contributed by atoms with Gasteiger partial charge in [-0.25, -0.2) is 0 Å². The zero-order valence-electron chi connectivity index (χ0n) is 7.11. The molecule has 0 aromatic heterocycles. The van der Waals surface area contributed by atoms with Crippen molar-refractivity contribution in [1.29, 1.82) is 0 Å². The number of rotatable bonds is 3. The van der Waals surface area contributed by atoms with Crippen LogP contribution < -0.4 is 0 Å². The van der Waals surface area contributed by atoms with Crippen LogP contribution in [0.4, 0.5) is 0 Å². The molecule has 0 radical (unpaired) electrons. The van der Waals surface area contributed by atoms with Crippen molar-refractivity contribution in [3.05, 3.63) is 32.8 Å². The van der Waals surface area contributed by atoms with E-state index in [2.05, 4.69) is 0 Å². The molecule has 13 heavy (non-hydrogen) atoms. The minimum atomic E-state index is 0.422. The molecule has 1 aromatic rings. The summed E-state index contributed by atoms with van der Waals surface area (Å²) in [6.45, 7) is 2.97. The predicted molar refractivity (Wildman–Crippen MR) is 56.8 cm³/mol. The molecule has 0 unspecified atom stereocenters. The first-order valence-corrected chi connectivity index (χ1v) is 4.99. The van der Waals surface area contributed by atoms with Gasteiger partial charge in [0, 0.05) is 27.2 Å². The van der Waals surface area contributed by atoms with E-state index in [1.54, 1.807) is 12.1 Å². The fourth-order valence-electron chi connectivity index (χ4n) is 0.914. The molecule has 0 saturated carbocycles. The Morgan fingerprint density at radius 1 is 1.15 bits per heavy atom. The van der Waals surface area contributed by atoms with Crippen molar-refractivity contribution in [2.75, 3.05) is 6.61 Å². The van der Waals surface area contributed by atoms with Crippen molar-refractivity contribution in [2.45, 2.75) is 13.5 Å². The summed E-state index contributed by atoms with van der Waals surface area (Å²) < 4.78 is 5.21. The molecular formula is C9H9Cl3O. The molecule has 0 amide bonds. The van der Waals surface area contributed by atoms with Crippen molar-refractivity contribution in [3.8, 4) is 0 Å². The number of ether oxygens (including phenoxy) is 1. The maximum atomic E-state index is 5.92. The lowest BCUT2D eigenvalue weighted by atomic mass is 10.2. The average molecular weight is 240 g/mol. The van der Waals surface area contributed by atoms with Gasteiger partial charge >= 0.3 is 0 Å². The van der Waals surface area contributed by atoms with Crippen LogP contribution in [0.5, 0.6) is 0 Å². The first-order valence-electron chi connectivity index (χ1n) is 3.86. The molecule has 1 aromatic carbocycles. The lowest BCUT2D eigenvalue weighted by Crippen LogP contribution is -1.94. The van der Waals surface area contributed by atoms with E-state index in [4.69, 9.17) is 39.5 Å². The van der Waals surface area contributed by atoms with Crippen LogP contribution in [0.2, 0.25) is 15.1 Å². The van der Waals surface area contributed by atoms with Crippen molar-refractivity contribution in [3.63, 3.8) is 0 Å².